The van der Waals surface area contributed by atoms with E-state index < -0.39 is 0 Å². The van der Waals surface area contributed by atoms with Gasteiger partial charge in [0.05, 0.1) is 0 Å². The van der Waals surface area contributed by atoms with Gasteiger partial charge in [0.15, 0.2) is 0 Å². The molecule has 0 N–H and O–H groups in total. The van der Waals surface area contributed by atoms with Gasteiger partial charge < -0.3 is 0 Å². The largest absolute Gasteiger partial charge is 0.0622 e. The van der Waals surface area contributed by atoms with Crippen molar-refractivity contribution in [1.82, 2.24) is 0 Å². The smallest absolute Gasteiger partial charge is 0.0159 e. The lowest BCUT2D eigenvalue weighted by Crippen LogP contribution is -2.14. The Hall–Kier alpha value is -13.5. The van der Waals surface area contributed by atoms with Gasteiger partial charge in [0.1, 0.15) is 0 Å². The first-order valence-corrected chi connectivity index (χ1v) is 38.7. The van der Waals surface area contributed by atoms with E-state index in [4.69, 9.17) is 0 Å². The van der Waals surface area contributed by atoms with Gasteiger partial charge in [-0.3, -0.25) is 0 Å². The van der Waals surface area contributed by atoms with E-state index in [0.717, 1.165) is 0 Å². The summed E-state index contributed by atoms with van der Waals surface area (Å²) in [6.45, 7) is 9.50. The van der Waals surface area contributed by atoms with Crippen LogP contribution in [-0.4, -0.2) is 0 Å². The molecule has 0 radical (unpaired) electrons. The summed E-state index contributed by atoms with van der Waals surface area (Å²) in [4.78, 5) is 0. The fourth-order valence-corrected chi connectivity index (χ4v) is 19.3. The molecule has 2 aliphatic carbocycles. The van der Waals surface area contributed by atoms with Crippen molar-refractivity contribution in [3.05, 3.63) is 411 Å². The fraction of sp³-hybridized carbons (Fsp3) is 0.0545. The summed E-state index contributed by atoms with van der Waals surface area (Å²) in [6.07, 6.45) is 0. The maximum atomic E-state index is 2.46. The van der Waals surface area contributed by atoms with Crippen molar-refractivity contribution in [1.29, 1.82) is 0 Å². The average molecular weight is 1400 g/mol. The first-order valence-electron chi connectivity index (χ1n) is 38.7. The summed E-state index contributed by atoms with van der Waals surface area (Å²) in [7, 11) is 0. The Morgan fingerprint density at radius 2 is 0.409 bits per heavy atom. The summed E-state index contributed by atoms with van der Waals surface area (Å²) in [6, 6.07) is 144. The minimum Gasteiger partial charge on any atom is -0.0622 e. The van der Waals surface area contributed by atoms with Gasteiger partial charge in [-0.15, -0.1) is 0 Å². The van der Waals surface area contributed by atoms with Crippen LogP contribution in [0.25, 0.3) is 197 Å². The van der Waals surface area contributed by atoms with Crippen LogP contribution in [0.3, 0.4) is 0 Å². The number of benzene rings is 20. The van der Waals surface area contributed by atoms with Crippen LogP contribution in [0.4, 0.5) is 0 Å². The first kappa shape index (κ1) is 64.8. The van der Waals surface area contributed by atoms with Crippen LogP contribution in [0.2, 0.25) is 0 Å². The highest BCUT2D eigenvalue weighted by Crippen LogP contribution is 2.58. The van der Waals surface area contributed by atoms with Crippen LogP contribution in [0, 0.1) is 0 Å². The van der Waals surface area contributed by atoms with Crippen LogP contribution >= 0.6 is 0 Å². The highest BCUT2D eigenvalue weighted by Gasteiger charge is 2.39. The number of fused-ring (bicyclic) bond motifs is 14. The van der Waals surface area contributed by atoms with Crippen LogP contribution in [0.5, 0.6) is 0 Å². The molecule has 0 bridgehead atoms. The molecule has 0 aliphatic heterocycles. The Balaban J connectivity index is 0.000000140. The monoisotopic (exact) mass is 1400 g/mol. The van der Waals surface area contributed by atoms with Crippen molar-refractivity contribution in [2.45, 2.75) is 38.5 Å². The van der Waals surface area contributed by atoms with Crippen molar-refractivity contribution in [3.8, 4) is 111 Å². The van der Waals surface area contributed by atoms with Crippen molar-refractivity contribution >= 4 is 86.2 Å². The highest BCUT2D eigenvalue weighted by molar-refractivity contribution is 6.31. The molecule has 0 saturated heterocycles. The minimum absolute atomic E-state index is 0.0814. The first-order chi connectivity index (χ1) is 54.1. The van der Waals surface area contributed by atoms with Gasteiger partial charge in [0.2, 0.25) is 0 Å². The molecule has 22 rings (SSSR count). The predicted octanol–water partition coefficient (Wildman–Crippen LogP) is 30.5. The molecular formula is C110H76. The summed E-state index contributed by atoms with van der Waals surface area (Å²) >= 11 is 0. The molecule has 110 heavy (non-hydrogen) atoms. The van der Waals surface area contributed by atoms with Gasteiger partial charge in [0, 0.05) is 10.8 Å². The minimum atomic E-state index is -0.0962. The summed E-state index contributed by atoms with van der Waals surface area (Å²) < 4.78 is 0. The van der Waals surface area contributed by atoms with Crippen molar-refractivity contribution in [2.75, 3.05) is 0 Å². The van der Waals surface area contributed by atoms with Crippen LogP contribution in [0.15, 0.2) is 388 Å². The summed E-state index contributed by atoms with van der Waals surface area (Å²) in [5, 5.41) is 20.2. The second-order valence-corrected chi connectivity index (χ2v) is 31.2. The molecule has 0 saturated carbocycles. The van der Waals surface area contributed by atoms with E-state index in [1.165, 1.54) is 220 Å². The molecule has 0 atom stereocenters. The molecule has 516 valence electrons. The summed E-state index contributed by atoms with van der Waals surface area (Å²) in [5.74, 6) is 0. The topological polar surface area (TPSA) is 0 Å². The van der Waals surface area contributed by atoms with Crippen molar-refractivity contribution in [2.24, 2.45) is 0 Å². The van der Waals surface area contributed by atoms with E-state index in [1.807, 2.05) is 0 Å². The third-order valence-electron chi connectivity index (χ3n) is 24.5. The lowest BCUT2D eigenvalue weighted by Gasteiger charge is -2.24. The molecule has 0 fully saturated rings. The van der Waals surface area contributed by atoms with E-state index >= 15 is 0 Å². The van der Waals surface area contributed by atoms with Gasteiger partial charge in [-0.2, -0.15) is 0 Å². The van der Waals surface area contributed by atoms with E-state index in [2.05, 4.69) is 416 Å². The van der Waals surface area contributed by atoms with E-state index in [9.17, 15) is 0 Å². The van der Waals surface area contributed by atoms with Gasteiger partial charge in [-0.05, 0) is 250 Å². The fourth-order valence-electron chi connectivity index (χ4n) is 19.3. The Morgan fingerprint density at radius 1 is 0.136 bits per heavy atom. The van der Waals surface area contributed by atoms with E-state index in [-0.39, 0.29) is 10.8 Å². The molecule has 0 aromatic heterocycles. The zero-order valence-corrected chi connectivity index (χ0v) is 62.0. The van der Waals surface area contributed by atoms with Gasteiger partial charge >= 0.3 is 0 Å². The highest BCUT2D eigenvalue weighted by atomic mass is 14.4. The zero-order valence-electron chi connectivity index (χ0n) is 62.0. The Kier molecular flexibility index (Phi) is 15.1. The van der Waals surface area contributed by atoms with E-state index in [0.29, 0.717) is 0 Å². The molecule has 0 spiro atoms. The quantitative estimate of drug-likeness (QED) is 0.133. The Morgan fingerprint density at radius 3 is 0.855 bits per heavy atom. The third kappa shape index (κ3) is 10.2. The second kappa shape index (κ2) is 25.6. The average Bonchev–Trinajstić information content (AvgIpc) is 1.22. The maximum absolute atomic E-state index is 2.46. The summed E-state index contributed by atoms with van der Waals surface area (Å²) in [5.41, 5.74) is 31.0. The Bertz CT molecular complexity index is 7120. The van der Waals surface area contributed by atoms with Crippen molar-refractivity contribution < 1.29 is 0 Å². The molecule has 0 nitrogen and oxygen atoms in total. The standard InChI is InChI=1S/2C55H38/c1-55(2)48-30-16-15-28-45(48)52-46(29-17-31-49(52)55)51-40-24-11-14-27-43(40)54(44-33-32-37(34-47(44)51)35-18-5-3-6-19-35)53-41-25-12-9-22-38(41)50(36-20-7-4-8-21-36)39-23-10-13-26-42(39)53;1-55(2)50-21-11-10-19-47(50)54-48(20-12-22-51(54)55)53-45-18-9-8-17-44(45)52(46-30-29-42(34-49(46)53)35-13-4-3-5-14-35)43-28-27-40-32-39(25-26-41(40)33-43)38-24-23-36-15-6-7-16-37(36)31-38/h2*3-34H,1-2H3. The van der Waals surface area contributed by atoms with Crippen LogP contribution in [0.1, 0.15) is 49.9 Å². The molecular weight excluding hydrogens is 1320 g/mol. The SMILES string of the molecule is CC1(C)c2ccccc2-c2c(-c3c4ccccc4c(-c4c5ccccc5c(-c5ccccc5)c5ccccc45)c4ccc(-c5ccccc5)cc34)cccc21.CC1(C)c2ccccc2-c2c(-c3c4ccccc4c(-c4ccc5cc(-c6ccc7ccccc7c6)ccc5c4)c4ccc(-c5ccccc5)cc34)cccc21. The van der Waals surface area contributed by atoms with Crippen LogP contribution < -0.4 is 0 Å². The molecule has 0 heterocycles. The van der Waals surface area contributed by atoms with E-state index in [1.54, 1.807) is 0 Å². The normalized spacial score (nSPS) is 13.1. The molecule has 20 aromatic rings. The number of rotatable bonds is 8. The molecule has 20 aromatic carbocycles. The lowest BCUT2D eigenvalue weighted by atomic mass is 9.79. The molecule has 0 amide bonds. The lowest BCUT2D eigenvalue weighted by molar-refractivity contribution is 0.660. The predicted molar refractivity (Wildman–Crippen MR) is 472 cm³/mol. The molecule has 0 unspecified atom stereocenters. The third-order valence-corrected chi connectivity index (χ3v) is 24.5. The van der Waals surface area contributed by atoms with Gasteiger partial charge in [-0.1, -0.05) is 386 Å². The second-order valence-electron chi connectivity index (χ2n) is 31.2. The Labute approximate surface area is 642 Å². The van der Waals surface area contributed by atoms with Gasteiger partial charge in [-0.25, -0.2) is 0 Å². The maximum Gasteiger partial charge on any atom is 0.0159 e. The molecule has 2 aliphatic rings. The van der Waals surface area contributed by atoms with Gasteiger partial charge in [0.25, 0.3) is 0 Å². The number of hydrogen-bond acceptors (Lipinski definition) is 0. The zero-order chi connectivity index (χ0) is 73.3. The molecule has 0 heteroatoms. The number of hydrogen-bond donors (Lipinski definition) is 0. The van der Waals surface area contributed by atoms with Crippen molar-refractivity contribution in [3.63, 3.8) is 0 Å². The van der Waals surface area contributed by atoms with Crippen LogP contribution in [-0.2, 0) is 10.8 Å².